The first kappa shape index (κ1) is 13.9. The largest absolute Gasteiger partial charge is 0.508 e. The van der Waals surface area contributed by atoms with Gasteiger partial charge in [0, 0.05) is 23.2 Å². The molecule has 0 fully saturated rings. The fourth-order valence-electron chi connectivity index (χ4n) is 2.05. The van der Waals surface area contributed by atoms with E-state index in [-0.39, 0.29) is 6.04 Å². The van der Waals surface area contributed by atoms with E-state index in [4.69, 9.17) is 11.6 Å². The van der Waals surface area contributed by atoms with Crippen LogP contribution < -0.4 is 5.32 Å². The molecule has 0 saturated heterocycles. The molecule has 2 aromatic rings. The van der Waals surface area contributed by atoms with E-state index in [9.17, 15) is 5.11 Å². The number of aryl methyl sites for hydroxylation is 1. The van der Waals surface area contributed by atoms with Crippen LogP contribution in [0.1, 0.15) is 29.7 Å². The van der Waals surface area contributed by atoms with Gasteiger partial charge in [0.15, 0.2) is 0 Å². The summed E-state index contributed by atoms with van der Waals surface area (Å²) in [6.45, 7) is 4.72. The van der Waals surface area contributed by atoms with Crippen LogP contribution in [-0.4, -0.2) is 5.11 Å². The van der Waals surface area contributed by atoms with Gasteiger partial charge in [-0.2, -0.15) is 0 Å². The summed E-state index contributed by atoms with van der Waals surface area (Å²) in [4.78, 5) is 0. The Morgan fingerprint density at radius 2 is 2.00 bits per heavy atom. The normalized spacial score (nSPS) is 12.4. The van der Waals surface area contributed by atoms with Gasteiger partial charge >= 0.3 is 0 Å². The van der Waals surface area contributed by atoms with E-state index in [1.165, 1.54) is 0 Å². The van der Waals surface area contributed by atoms with Gasteiger partial charge in [0.1, 0.15) is 5.75 Å². The van der Waals surface area contributed by atoms with Gasteiger partial charge in [-0.3, -0.25) is 0 Å². The first-order valence-corrected chi connectivity index (χ1v) is 6.71. The smallest absolute Gasteiger partial charge is 0.120 e. The van der Waals surface area contributed by atoms with Gasteiger partial charge in [-0.05, 0) is 43.2 Å². The third-order valence-corrected chi connectivity index (χ3v) is 3.39. The Kier molecular flexibility index (Phi) is 4.46. The number of rotatable bonds is 4. The first-order valence-electron chi connectivity index (χ1n) is 6.33. The van der Waals surface area contributed by atoms with E-state index in [1.54, 1.807) is 6.07 Å². The highest BCUT2D eigenvalue weighted by atomic mass is 35.5. The number of benzene rings is 2. The molecule has 2 aromatic carbocycles. The minimum atomic E-state index is 0.0829. The number of phenols is 1. The summed E-state index contributed by atoms with van der Waals surface area (Å²) in [5.41, 5.74) is 3.10. The molecule has 0 radical (unpaired) electrons. The van der Waals surface area contributed by atoms with Crippen LogP contribution in [-0.2, 0) is 6.54 Å². The lowest BCUT2D eigenvalue weighted by Crippen LogP contribution is -2.18. The summed E-state index contributed by atoms with van der Waals surface area (Å²) < 4.78 is 0. The molecule has 0 bridgehead atoms. The zero-order chi connectivity index (χ0) is 13.8. The molecule has 19 heavy (non-hydrogen) atoms. The van der Waals surface area contributed by atoms with Gasteiger partial charge in [-0.1, -0.05) is 35.9 Å². The predicted molar refractivity (Wildman–Crippen MR) is 79.6 cm³/mol. The second-order valence-corrected chi connectivity index (χ2v) is 5.23. The van der Waals surface area contributed by atoms with Gasteiger partial charge in [-0.25, -0.2) is 0 Å². The molecule has 0 amide bonds. The fraction of sp³-hybridized carbons (Fsp3) is 0.250. The van der Waals surface area contributed by atoms with Crippen molar-refractivity contribution in [3.8, 4) is 5.75 Å². The van der Waals surface area contributed by atoms with E-state index >= 15 is 0 Å². The third-order valence-electron chi connectivity index (χ3n) is 3.15. The molecule has 2 rings (SSSR count). The SMILES string of the molecule is Cc1ccc(C(C)NCc2cccc(Cl)c2)c(O)c1. The molecule has 2 N–H and O–H groups in total. The highest BCUT2D eigenvalue weighted by molar-refractivity contribution is 6.30. The van der Waals surface area contributed by atoms with E-state index in [1.807, 2.05) is 50.2 Å². The zero-order valence-electron chi connectivity index (χ0n) is 11.2. The Balaban J connectivity index is 2.03. The number of hydrogen-bond acceptors (Lipinski definition) is 2. The van der Waals surface area contributed by atoms with Crippen molar-refractivity contribution in [2.75, 3.05) is 0 Å². The van der Waals surface area contributed by atoms with Gasteiger partial charge in [0.25, 0.3) is 0 Å². The average molecular weight is 276 g/mol. The lowest BCUT2D eigenvalue weighted by atomic mass is 10.0. The van der Waals surface area contributed by atoms with E-state index in [0.29, 0.717) is 5.75 Å². The molecule has 0 heterocycles. The summed E-state index contributed by atoms with van der Waals surface area (Å²) in [6.07, 6.45) is 0. The van der Waals surface area contributed by atoms with E-state index in [0.717, 1.165) is 28.3 Å². The number of halogens is 1. The molecule has 100 valence electrons. The summed E-state index contributed by atoms with van der Waals surface area (Å²) in [5, 5.41) is 14.1. The molecule has 0 spiro atoms. The molecular formula is C16H18ClNO. The first-order chi connectivity index (χ1) is 9.06. The predicted octanol–water partition coefficient (Wildman–Crippen LogP) is 4.20. The Labute approximate surface area is 119 Å². The van der Waals surface area contributed by atoms with Crippen molar-refractivity contribution in [2.45, 2.75) is 26.4 Å². The summed E-state index contributed by atoms with van der Waals surface area (Å²) in [6, 6.07) is 13.6. The maximum atomic E-state index is 9.94. The van der Waals surface area contributed by atoms with E-state index in [2.05, 4.69) is 5.32 Å². The van der Waals surface area contributed by atoms with Gasteiger partial charge in [0.2, 0.25) is 0 Å². The quantitative estimate of drug-likeness (QED) is 0.876. The summed E-state index contributed by atoms with van der Waals surface area (Å²) in [7, 11) is 0. The highest BCUT2D eigenvalue weighted by Crippen LogP contribution is 2.25. The van der Waals surface area contributed by atoms with Crippen molar-refractivity contribution in [1.29, 1.82) is 0 Å². The lowest BCUT2D eigenvalue weighted by molar-refractivity contribution is 0.452. The Morgan fingerprint density at radius 1 is 1.21 bits per heavy atom. The molecular weight excluding hydrogens is 258 g/mol. The van der Waals surface area contributed by atoms with Crippen LogP contribution >= 0.6 is 11.6 Å². The van der Waals surface area contributed by atoms with Gasteiger partial charge in [-0.15, -0.1) is 0 Å². The van der Waals surface area contributed by atoms with Crippen LogP contribution in [0.15, 0.2) is 42.5 Å². The Hall–Kier alpha value is -1.51. The Bertz CT molecular complexity index is 568. The molecule has 1 atom stereocenters. The minimum Gasteiger partial charge on any atom is -0.508 e. The molecule has 0 saturated carbocycles. The van der Waals surface area contributed by atoms with Gasteiger partial charge in [0.05, 0.1) is 0 Å². The lowest BCUT2D eigenvalue weighted by Gasteiger charge is -2.16. The Morgan fingerprint density at radius 3 is 2.68 bits per heavy atom. The summed E-state index contributed by atoms with van der Waals surface area (Å²) >= 11 is 5.95. The second kappa shape index (κ2) is 6.09. The van der Waals surface area contributed by atoms with Crippen LogP contribution in [0.25, 0.3) is 0 Å². The number of hydrogen-bond donors (Lipinski definition) is 2. The maximum Gasteiger partial charge on any atom is 0.120 e. The molecule has 0 aliphatic carbocycles. The fourth-order valence-corrected chi connectivity index (χ4v) is 2.26. The van der Waals surface area contributed by atoms with E-state index < -0.39 is 0 Å². The number of aromatic hydroxyl groups is 1. The van der Waals surface area contributed by atoms with Crippen LogP contribution in [0.2, 0.25) is 5.02 Å². The van der Waals surface area contributed by atoms with Crippen molar-refractivity contribution in [3.63, 3.8) is 0 Å². The van der Waals surface area contributed by atoms with Crippen molar-refractivity contribution in [3.05, 3.63) is 64.2 Å². The number of nitrogens with one attached hydrogen (secondary N) is 1. The average Bonchev–Trinajstić information content (AvgIpc) is 2.36. The standard InChI is InChI=1S/C16H18ClNO/c1-11-6-7-15(16(19)8-11)12(2)18-10-13-4-3-5-14(17)9-13/h3-9,12,18-19H,10H2,1-2H3. The monoisotopic (exact) mass is 275 g/mol. The summed E-state index contributed by atoms with van der Waals surface area (Å²) in [5.74, 6) is 0.339. The third kappa shape index (κ3) is 3.72. The molecule has 0 aliphatic rings. The van der Waals surface area contributed by atoms with Crippen LogP contribution in [0, 0.1) is 6.92 Å². The molecule has 0 aliphatic heterocycles. The zero-order valence-corrected chi connectivity index (χ0v) is 11.9. The van der Waals surface area contributed by atoms with Crippen LogP contribution in [0.5, 0.6) is 5.75 Å². The molecule has 3 heteroatoms. The van der Waals surface area contributed by atoms with Crippen molar-refractivity contribution in [2.24, 2.45) is 0 Å². The maximum absolute atomic E-state index is 9.94. The van der Waals surface area contributed by atoms with Gasteiger partial charge < -0.3 is 10.4 Å². The van der Waals surface area contributed by atoms with Crippen LogP contribution in [0.4, 0.5) is 0 Å². The number of phenolic OH excluding ortho intramolecular Hbond substituents is 1. The van der Waals surface area contributed by atoms with Crippen molar-refractivity contribution in [1.82, 2.24) is 5.32 Å². The molecule has 0 aromatic heterocycles. The van der Waals surface area contributed by atoms with Crippen LogP contribution in [0.3, 0.4) is 0 Å². The molecule has 1 unspecified atom stereocenters. The molecule has 2 nitrogen and oxygen atoms in total. The topological polar surface area (TPSA) is 32.3 Å². The minimum absolute atomic E-state index is 0.0829. The highest BCUT2D eigenvalue weighted by Gasteiger charge is 2.09. The second-order valence-electron chi connectivity index (χ2n) is 4.79. The van der Waals surface area contributed by atoms with Crippen molar-refractivity contribution >= 4 is 11.6 Å². The van der Waals surface area contributed by atoms with Crippen molar-refractivity contribution < 1.29 is 5.11 Å².